The van der Waals surface area contributed by atoms with Gasteiger partial charge in [0.1, 0.15) is 23.2 Å². The Morgan fingerprint density at radius 3 is 2.45 bits per heavy atom. The molecule has 5 aromatic rings. The largest absolute Gasteiger partial charge is 0.453 e. The zero-order valence-electron chi connectivity index (χ0n) is 35.8. The number of likely N-dealkylation sites (tertiary alicyclic amines) is 1. The number of nitrogens with zero attached hydrogens (tertiary/aromatic N) is 8. The van der Waals surface area contributed by atoms with Gasteiger partial charge in [-0.05, 0) is 105 Å². The first-order valence-electron chi connectivity index (χ1n) is 21.5. The van der Waals surface area contributed by atoms with Crippen molar-refractivity contribution in [1.29, 1.82) is 5.26 Å². The summed E-state index contributed by atoms with van der Waals surface area (Å²) in [4.78, 5) is 45.6. The molecule has 65 heavy (non-hydrogen) atoms. The van der Waals surface area contributed by atoms with Crippen molar-refractivity contribution < 1.29 is 40.3 Å². The van der Waals surface area contributed by atoms with Gasteiger partial charge in [-0.3, -0.25) is 38.7 Å². The van der Waals surface area contributed by atoms with Gasteiger partial charge >= 0.3 is 16.2 Å². The lowest BCUT2D eigenvalue weighted by Crippen LogP contribution is -2.54. The number of amides is 3. The summed E-state index contributed by atoms with van der Waals surface area (Å²) in [6, 6.07) is 9.98. The van der Waals surface area contributed by atoms with E-state index in [1.54, 1.807) is 18.5 Å². The number of fused-ring (bicyclic) bond motifs is 2. The molecule has 9 rings (SSSR count). The number of alkyl halides is 2. The van der Waals surface area contributed by atoms with E-state index in [4.69, 9.17) is 4.74 Å². The first-order chi connectivity index (χ1) is 30.9. The monoisotopic (exact) mass is 918 g/mol. The Morgan fingerprint density at radius 1 is 1.00 bits per heavy atom. The highest BCUT2D eigenvalue weighted by Crippen LogP contribution is 2.57. The zero-order chi connectivity index (χ0) is 46.2. The summed E-state index contributed by atoms with van der Waals surface area (Å²) in [5.74, 6) is -7.06. The van der Waals surface area contributed by atoms with Crippen LogP contribution in [-0.4, -0.2) is 94.1 Å². The number of urea groups is 1. The first kappa shape index (κ1) is 44.1. The van der Waals surface area contributed by atoms with E-state index in [2.05, 4.69) is 20.1 Å². The van der Waals surface area contributed by atoms with E-state index in [1.807, 2.05) is 11.0 Å². The molecule has 2 saturated heterocycles. The Balaban J connectivity index is 0.842. The van der Waals surface area contributed by atoms with Crippen LogP contribution in [0, 0.1) is 28.4 Å². The third-order valence-electron chi connectivity index (χ3n) is 13.8. The van der Waals surface area contributed by atoms with Crippen LogP contribution in [0.4, 0.5) is 33.9 Å². The number of imide groups is 1. The molecule has 3 aromatic carbocycles. The van der Waals surface area contributed by atoms with Gasteiger partial charge in [-0.2, -0.15) is 23.1 Å². The van der Waals surface area contributed by atoms with Crippen LogP contribution in [0.2, 0.25) is 0 Å². The maximum atomic E-state index is 16.1. The van der Waals surface area contributed by atoms with Crippen molar-refractivity contribution >= 4 is 55.5 Å². The average Bonchev–Trinajstić information content (AvgIpc) is 3.57. The number of carbonyl (C=O) groups is 2. The summed E-state index contributed by atoms with van der Waals surface area (Å²) in [6.45, 7) is 1.69. The van der Waals surface area contributed by atoms with Crippen molar-refractivity contribution in [3.8, 4) is 17.6 Å². The van der Waals surface area contributed by atoms with Gasteiger partial charge in [-0.1, -0.05) is 6.92 Å². The minimum atomic E-state index is -4.04. The minimum Gasteiger partial charge on any atom is -0.453 e. The van der Waals surface area contributed by atoms with Crippen LogP contribution in [-0.2, 0) is 22.1 Å². The second kappa shape index (κ2) is 16.4. The van der Waals surface area contributed by atoms with E-state index < -0.39 is 57.9 Å². The molecule has 1 atom stereocenters. The molecule has 0 radical (unpaired) electrons. The molecule has 21 heteroatoms. The molecular weight excluding hydrogens is 873 g/mol. The maximum Gasteiger partial charge on any atom is 0.329 e. The van der Waals surface area contributed by atoms with Crippen molar-refractivity contribution in [1.82, 2.24) is 33.9 Å². The summed E-state index contributed by atoms with van der Waals surface area (Å²) in [5.41, 5.74) is -0.294. The molecule has 342 valence electrons. The number of piperidine rings is 1. The van der Waals surface area contributed by atoms with Crippen molar-refractivity contribution in [2.75, 3.05) is 42.8 Å². The van der Waals surface area contributed by atoms with Crippen molar-refractivity contribution in [3.63, 3.8) is 0 Å². The van der Waals surface area contributed by atoms with Crippen molar-refractivity contribution in [2.45, 2.75) is 82.2 Å². The molecule has 0 unspecified atom stereocenters. The van der Waals surface area contributed by atoms with E-state index in [-0.39, 0.29) is 88.1 Å². The molecular formula is C44H46F4N10O6S. The lowest BCUT2D eigenvalue weighted by molar-refractivity contribution is -0.120. The lowest BCUT2D eigenvalue weighted by Gasteiger charge is -2.54. The van der Waals surface area contributed by atoms with Crippen molar-refractivity contribution in [2.24, 2.45) is 12.5 Å². The zero-order valence-corrected chi connectivity index (χ0v) is 36.6. The molecule has 3 amide bonds. The molecule has 2 saturated carbocycles. The molecule has 4 aliphatic rings. The summed E-state index contributed by atoms with van der Waals surface area (Å²) in [6.07, 6.45) is 5.98. The van der Waals surface area contributed by atoms with E-state index >= 15 is 17.6 Å². The van der Waals surface area contributed by atoms with Gasteiger partial charge < -0.3 is 4.74 Å². The number of anilines is 2. The Bertz CT molecular complexity index is 2980. The number of aromatic nitrogens is 4. The van der Waals surface area contributed by atoms with E-state index in [1.165, 1.54) is 47.2 Å². The number of hydrogen-bond donors (Lipinski definition) is 2. The predicted octanol–water partition coefficient (Wildman–Crippen LogP) is 6.67. The van der Waals surface area contributed by atoms with E-state index in [0.717, 1.165) is 35.3 Å². The smallest absolute Gasteiger partial charge is 0.329 e. The van der Waals surface area contributed by atoms with E-state index in [0.29, 0.717) is 43.3 Å². The van der Waals surface area contributed by atoms with Gasteiger partial charge in [-0.25, -0.2) is 27.3 Å². The highest BCUT2D eigenvalue weighted by atomic mass is 32.2. The number of hydrogen-bond acceptors (Lipinski definition) is 10. The number of nitrogens with one attached hydrogen (secondary N) is 2. The Kier molecular flexibility index (Phi) is 11.1. The topological polar surface area (TPSA) is 188 Å². The van der Waals surface area contributed by atoms with Crippen LogP contribution < -0.4 is 25.2 Å². The van der Waals surface area contributed by atoms with Crippen LogP contribution in [0.3, 0.4) is 0 Å². The molecule has 0 bridgehead atoms. The third kappa shape index (κ3) is 7.94. The Morgan fingerprint density at radius 2 is 1.75 bits per heavy atom. The SMILES string of the molecule is CCN(C)S(=O)(=O)Nc1ccc(F)c(Oc2ccc3ncn(C4CC5(CCC(N6CC[C@H](c7cc8c(cc7F)c(N7CCC(=O)NC7=O)nn8C)C(F)(F)C6)CC5)C4)c(=O)c3c2)c1C#N. The second-order valence-electron chi connectivity index (χ2n) is 17.6. The Hall–Kier alpha value is -6.11. The average molecular weight is 919 g/mol. The van der Waals surface area contributed by atoms with Gasteiger partial charge in [0.25, 0.3) is 11.5 Å². The second-order valence-corrected chi connectivity index (χ2v) is 19.4. The highest BCUT2D eigenvalue weighted by molar-refractivity contribution is 7.90. The van der Waals surface area contributed by atoms with Gasteiger partial charge in [0, 0.05) is 51.1 Å². The molecule has 2 aromatic heterocycles. The van der Waals surface area contributed by atoms with Gasteiger partial charge in [0.2, 0.25) is 5.91 Å². The first-order valence-corrected chi connectivity index (χ1v) is 22.9. The van der Waals surface area contributed by atoms with E-state index in [9.17, 15) is 28.1 Å². The highest BCUT2D eigenvalue weighted by Gasteiger charge is 2.51. The molecule has 2 aliphatic carbocycles. The number of benzene rings is 3. The molecule has 4 fully saturated rings. The van der Waals surface area contributed by atoms with Crippen LogP contribution in [0.1, 0.15) is 81.4 Å². The number of halogens is 4. The van der Waals surface area contributed by atoms with Crippen LogP contribution in [0.5, 0.6) is 11.5 Å². The van der Waals surface area contributed by atoms with Gasteiger partial charge in [0.05, 0.1) is 40.9 Å². The predicted molar refractivity (Wildman–Crippen MR) is 231 cm³/mol. The lowest BCUT2D eigenvalue weighted by atomic mass is 9.57. The maximum absolute atomic E-state index is 16.1. The summed E-state index contributed by atoms with van der Waals surface area (Å²) in [7, 11) is -1.10. The standard InChI is InChI=1S/C44H46F4N10O6S/c1-4-54(2)65(62,63)53-36-8-6-33(45)39(31(36)22-49)64-27-5-7-35-29(17-27)41(60)58(24-50-35)26-20-43(21-26)13-9-25(10-14-43)56-15-11-32(44(47,48)23-56)28-19-37-30(18-34(28)46)40(52-55(37)3)57-16-12-38(59)51-42(57)61/h5-8,17-19,24-26,32,53H,4,9-16,20-21,23H2,1-3H3,(H,51,59,61)/t25?,26?,32-,43?/m1/s1. The van der Waals surface area contributed by atoms with Gasteiger partial charge in [0.15, 0.2) is 17.4 Å². The van der Waals surface area contributed by atoms with Crippen LogP contribution in [0.15, 0.2) is 53.6 Å². The van der Waals surface area contributed by atoms with Crippen molar-refractivity contribution in [3.05, 3.63) is 81.9 Å². The molecule has 2 N–H and O–H groups in total. The summed E-state index contributed by atoms with van der Waals surface area (Å²) in [5, 5.41) is 17.0. The summed E-state index contributed by atoms with van der Waals surface area (Å²) < 4.78 is 101. The van der Waals surface area contributed by atoms with Crippen LogP contribution in [0.25, 0.3) is 21.8 Å². The molecule has 4 heterocycles. The quantitative estimate of drug-likeness (QED) is 0.143. The fourth-order valence-corrected chi connectivity index (χ4v) is 11.0. The minimum absolute atomic E-state index is 0.0341. The van der Waals surface area contributed by atoms with Crippen LogP contribution >= 0.6 is 0 Å². The molecule has 1 spiro atoms. The fourth-order valence-electron chi connectivity index (χ4n) is 10.1. The number of rotatable bonds is 10. The number of ether oxygens (including phenoxy) is 1. The number of nitriles is 1. The third-order valence-corrected chi connectivity index (χ3v) is 15.4. The fraction of sp³-hybridized carbons (Fsp3) is 0.455. The summed E-state index contributed by atoms with van der Waals surface area (Å²) >= 11 is 0. The molecule has 2 aliphatic heterocycles. The Labute approximate surface area is 370 Å². The number of carbonyl (C=O) groups excluding carboxylic acids is 2. The molecule has 16 nitrogen and oxygen atoms in total. The number of aryl methyl sites for hydroxylation is 1. The normalized spacial score (nSPS) is 23.7. The van der Waals surface area contributed by atoms with Gasteiger partial charge in [-0.15, -0.1) is 0 Å².